The number of nitro benzene ring substituents is 1. The zero-order valence-electron chi connectivity index (χ0n) is 15.3. The van der Waals surface area contributed by atoms with Gasteiger partial charge in [0.05, 0.1) is 10.5 Å². The Kier molecular flexibility index (Phi) is 7.17. The summed E-state index contributed by atoms with van der Waals surface area (Å²) in [5.41, 5.74) is 0.718. The summed E-state index contributed by atoms with van der Waals surface area (Å²) < 4.78 is 5.27. The van der Waals surface area contributed by atoms with Crippen molar-refractivity contribution in [3.63, 3.8) is 0 Å². The molecule has 1 aliphatic heterocycles. The fraction of sp³-hybridized carbons (Fsp3) is 0.350. The number of piperidine rings is 1. The van der Waals surface area contributed by atoms with E-state index in [2.05, 4.69) is 0 Å². The van der Waals surface area contributed by atoms with E-state index in [1.807, 2.05) is 17.0 Å². The molecule has 148 valence electrons. The van der Waals surface area contributed by atoms with E-state index in [1.165, 1.54) is 6.07 Å². The summed E-state index contributed by atoms with van der Waals surface area (Å²) in [6.07, 6.45) is 3.18. The number of rotatable bonds is 7. The molecule has 0 unspecified atom stereocenters. The Balaban J connectivity index is 1.59. The minimum atomic E-state index is -0.551. The predicted molar refractivity (Wildman–Crippen MR) is 112 cm³/mol. The predicted octanol–water partition coefficient (Wildman–Crippen LogP) is 5.19. The van der Waals surface area contributed by atoms with Crippen molar-refractivity contribution in [2.24, 2.45) is 0 Å². The molecule has 8 heteroatoms. The number of thioether (sulfide) groups is 1. The number of nitro groups is 1. The molecule has 0 amide bonds. The number of nitrogens with zero attached hydrogens (tertiary/aromatic N) is 2. The lowest BCUT2D eigenvalue weighted by Crippen LogP contribution is -2.30. The van der Waals surface area contributed by atoms with E-state index >= 15 is 0 Å². The number of hydrogen-bond acceptors (Lipinski definition) is 6. The van der Waals surface area contributed by atoms with Gasteiger partial charge in [-0.25, -0.2) is 4.79 Å². The highest BCUT2D eigenvalue weighted by atomic mass is 35.5. The number of anilines is 1. The van der Waals surface area contributed by atoms with E-state index in [4.69, 9.17) is 16.3 Å². The molecule has 0 aliphatic carbocycles. The molecule has 0 saturated carbocycles. The quantitative estimate of drug-likeness (QED) is 0.202. The minimum Gasteiger partial charge on any atom is -0.461 e. The Bertz CT molecular complexity index is 839. The molecule has 6 nitrogen and oxygen atoms in total. The van der Waals surface area contributed by atoms with Gasteiger partial charge < -0.3 is 9.64 Å². The van der Waals surface area contributed by atoms with E-state index in [9.17, 15) is 14.9 Å². The average molecular weight is 421 g/mol. The van der Waals surface area contributed by atoms with Gasteiger partial charge >= 0.3 is 5.97 Å². The Morgan fingerprint density at radius 1 is 1.14 bits per heavy atom. The van der Waals surface area contributed by atoms with E-state index in [1.54, 1.807) is 36.0 Å². The third-order valence-electron chi connectivity index (χ3n) is 4.50. The summed E-state index contributed by atoms with van der Waals surface area (Å²) >= 11 is 7.39. The summed E-state index contributed by atoms with van der Waals surface area (Å²) in [5.74, 6) is 0.0337. The first-order valence-electron chi connectivity index (χ1n) is 9.13. The highest BCUT2D eigenvalue weighted by Gasteiger charge is 2.23. The molecule has 3 rings (SSSR count). The summed E-state index contributed by atoms with van der Waals surface area (Å²) in [7, 11) is 0. The first-order valence-corrected chi connectivity index (χ1v) is 10.5. The second kappa shape index (κ2) is 9.80. The van der Waals surface area contributed by atoms with Gasteiger partial charge in [-0.15, -0.1) is 11.8 Å². The van der Waals surface area contributed by atoms with Gasteiger partial charge in [0.25, 0.3) is 5.69 Å². The zero-order valence-corrected chi connectivity index (χ0v) is 16.9. The van der Waals surface area contributed by atoms with Crippen LogP contribution in [0, 0.1) is 10.1 Å². The number of benzene rings is 2. The molecule has 1 fully saturated rings. The van der Waals surface area contributed by atoms with Gasteiger partial charge in [-0.2, -0.15) is 0 Å². The van der Waals surface area contributed by atoms with E-state index < -0.39 is 10.9 Å². The zero-order chi connectivity index (χ0) is 19.9. The normalized spacial score (nSPS) is 14.0. The van der Waals surface area contributed by atoms with Crippen LogP contribution in [-0.2, 0) is 4.74 Å². The molecule has 0 atom stereocenters. The molecule has 2 aromatic carbocycles. The van der Waals surface area contributed by atoms with Crippen LogP contribution in [0.4, 0.5) is 11.4 Å². The van der Waals surface area contributed by atoms with Gasteiger partial charge in [0.15, 0.2) is 0 Å². The fourth-order valence-electron chi connectivity index (χ4n) is 3.11. The van der Waals surface area contributed by atoms with Crippen LogP contribution in [0.5, 0.6) is 0 Å². The first kappa shape index (κ1) is 20.5. The van der Waals surface area contributed by atoms with Gasteiger partial charge in [-0.05, 0) is 55.7 Å². The maximum absolute atomic E-state index is 12.3. The van der Waals surface area contributed by atoms with Gasteiger partial charge in [0.1, 0.15) is 12.3 Å². The lowest BCUT2D eigenvalue weighted by Gasteiger charge is -2.28. The first-order chi connectivity index (χ1) is 13.5. The van der Waals surface area contributed by atoms with Crippen LogP contribution in [0.15, 0.2) is 47.4 Å². The summed E-state index contributed by atoms with van der Waals surface area (Å²) in [6.45, 7) is 1.81. The Hall–Kier alpha value is -2.25. The van der Waals surface area contributed by atoms with Crippen molar-refractivity contribution in [1.29, 1.82) is 0 Å². The summed E-state index contributed by atoms with van der Waals surface area (Å²) in [6, 6.07) is 12.0. The molecule has 28 heavy (non-hydrogen) atoms. The number of ether oxygens (including phenoxy) is 1. The molecule has 1 saturated heterocycles. The third-order valence-corrected chi connectivity index (χ3v) is 5.73. The van der Waals surface area contributed by atoms with Gasteiger partial charge in [-0.3, -0.25) is 10.1 Å². The van der Waals surface area contributed by atoms with Crippen molar-refractivity contribution >= 4 is 40.7 Å². The molecule has 1 heterocycles. The van der Waals surface area contributed by atoms with Gasteiger partial charge in [-0.1, -0.05) is 11.6 Å². The van der Waals surface area contributed by atoms with Crippen molar-refractivity contribution < 1.29 is 14.5 Å². The molecular weight excluding hydrogens is 400 g/mol. The summed E-state index contributed by atoms with van der Waals surface area (Å²) in [5, 5.41) is 12.2. The molecule has 1 aliphatic rings. The standard InChI is InChI=1S/C20H21ClN2O4S/c21-16-5-7-17(8-6-16)28-13-12-27-20(24)15-4-9-18(19(14-15)23(25)26)22-10-2-1-3-11-22/h4-9,14H,1-3,10-13H2. The molecule has 0 aromatic heterocycles. The second-order valence-corrected chi connectivity index (χ2v) is 8.05. The summed E-state index contributed by atoms with van der Waals surface area (Å²) in [4.78, 5) is 26.4. The molecular formula is C20H21ClN2O4S. The van der Waals surface area contributed by atoms with E-state index in [0.717, 1.165) is 37.2 Å². The lowest BCUT2D eigenvalue weighted by molar-refractivity contribution is -0.384. The number of hydrogen-bond donors (Lipinski definition) is 0. The fourth-order valence-corrected chi connectivity index (χ4v) is 3.96. The molecule has 0 N–H and O–H groups in total. The van der Waals surface area contributed by atoms with Gasteiger partial charge in [0, 0.05) is 34.8 Å². The lowest BCUT2D eigenvalue weighted by atomic mass is 10.1. The maximum Gasteiger partial charge on any atom is 0.338 e. The van der Waals surface area contributed by atoms with Crippen LogP contribution < -0.4 is 4.90 Å². The van der Waals surface area contributed by atoms with Crippen LogP contribution in [0.2, 0.25) is 5.02 Å². The van der Waals surface area contributed by atoms with Crippen molar-refractivity contribution in [2.75, 3.05) is 30.3 Å². The molecule has 2 aromatic rings. The maximum atomic E-state index is 12.3. The molecule has 0 spiro atoms. The SMILES string of the molecule is O=C(OCCSc1ccc(Cl)cc1)c1ccc(N2CCCCC2)c([N+](=O)[O-])c1. The Morgan fingerprint density at radius 2 is 1.86 bits per heavy atom. The average Bonchev–Trinajstić information content (AvgIpc) is 2.72. The molecule has 0 radical (unpaired) electrons. The Morgan fingerprint density at radius 3 is 2.54 bits per heavy atom. The second-order valence-electron chi connectivity index (χ2n) is 6.45. The minimum absolute atomic E-state index is 0.0492. The number of halogens is 1. The molecule has 0 bridgehead atoms. The van der Waals surface area contributed by atoms with Crippen LogP contribution in [0.25, 0.3) is 0 Å². The monoisotopic (exact) mass is 420 g/mol. The van der Waals surface area contributed by atoms with Crippen LogP contribution in [-0.4, -0.2) is 36.3 Å². The smallest absolute Gasteiger partial charge is 0.338 e. The van der Waals surface area contributed by atoms with Crippen LogP contribution >= 0.6 is 23.4 Å². The van der Waals surface area contributed by atoms with E-state index in [0.29, 0.717) is 16.5 Å². The van der Waals surface area contributed by atoms with E-state index in [-0.39, 0.29) is 17.9 Å². The van der Waals surface area contributed by atoms with Crippen molar-refractivity contribution in [3.8, 4) is 0 Å². The van der Waals surface area contributed by atoms with Gasteiger partial charge in [0.2, 0.25) is 0 Å². The topological polar surface area (TPSA) is 72.7 Å². The Labute approximate surface area is 173 Å². The van der Waals surface area contributed by atoms with Crippen molar-refractivity contribution in [3.05, 3.63) is 63.2 Å². The largest absolute Gasteiger partial charge is 0.461 e. The third kappa shape index (κ3) is 5.39. The van der Waals surface area contributed by atoms with Crippen LogP contribution in [0.1, 0.15) is 29.6 Å². The van der Waals surface area contributed by atoms with Crippen molar-refractivity contribution in [2.45, 2.75) is 24.2 Å². The van der Waals surface area contributed by atoms with Crippen LogP contribution in [0.3, 0.4) is 0 Å². The van der Waals surface area contributed by atoms with Crippen molar-refractivity contribution in [1.82, 2.24) is 0 Å². The highest BCUT2D eigenvalue weighted by molar-refractivity contribution is 7.99. The highest BCUT2D eigenvalue weighted by Crippen LogP contribution is 2.31. The number of carbonyl (C=O) groups is 1. The number of esters is 1. The number of carbonyl (C=O) groups excluding carboxylic acids is 1.